The number of aliphatic carboxylic acids is 1. The molecule has 0 aromatic carbocycles. The van der Waals surface area contributed by atoms with E-state index in [0.29, 0.717) is 32.1 Å². The Morgan fingerprint density at radius 1 is 0.770 bits per heavy atom. The lowest BCUT2D eigenvalue weighted by Gasteiger charge is -2.20. The van der Waals surface area contributed by atoms with Gasteiger partial charge in [-0.15, -0.1) is 0 Å². The molecule has 0 amide bonds. The molecule has 0 radical (unpaired) electrons. The number of carboxylic acid groups (broad SMARTS) is 1. The van der Waals surface area contributed by atoms with Gasteiger partial charge in [0.25, 0.3) is 0 Å². The fraction of sp³-hybridized carbons (Fsp3) is 0.739. The number of Topliss-reactive ketones (excluding diaryl/α,β-unsaturated/α-hetero) is 1. The molecule has 1 saturated carbocycles. The Balaban J connectivity index is 2.47. The monoisotopic (exact) mass is 884 g/mol. The number of allylic oxidation sites excluding steroid dienone is 6. The van der Waals surface area contributed by atoms with E-state index in [2.05, 4.69) is 54.8 Å². The normalized spacial score (nSPS) is 19.6. The van der Waals surface area contributed by atoms with Gasteiger partial charge in [0.05, 0.1) is 25.4 Å². The number of ether oxygens (including phenoxy) is 2. The number of carbonyl (C=O) groups is 4. The van der Waals surface area contributed by atoms with Crippen LogP contribution in [0.4, 0.5) is 0 Å². The summed E-state index contributed by atoms with van der Waals surface area (Å²) in [5, 5.41) is 29.6. The largest absolute Gasteiger partial charge is 0.480 e. The Morgan fingerprint density at radius 2 is 1.33 bits per heavy atom. The molecule has 14 nitrogen and oxygen atoms in total. The molecule has 0 aromatic heterocycles. The first-order valence-corrected chi connectivity index (χ1v) is 24.3. The first-order chi connectivity index (χ1) is 29.3. The number of carbonyl (C=O) groups excluding carboxylic acids is 3. The van der Waals surface area contributed by atoms with Gasteiger partial charge < -0.3 is 35.4 Å². The first-order valence-electron chi connectivity index (χ1n) is 22.8. The second-order valence-corrected chi connectivity index (χ2v) is 17.4. The number of ketones is 1. The van der Waals surface area contributed by atoms with Gasteiger partial charge in [-0.3, -0.25) is 28.2 Å². The Bertz CT molecular complexity index is 1380. The van der Waals surface area contributed by atoms with E-state index in [1.807, 2.05) is 0 Å². The minimum atomic E-state index is -4.79. The van der Waals surface area contributed by atoms with Crippen molar-refractivity contribution in [2.24, 2.45) is 17.6 Å². The van der Waals surface area contributed by atoms with Crippen molar-refractivity contribution in [1.29, 1.82) is 0 Å². The van der Waals surface area contributed by atoms with E-state index >= 15 is 0 Å². The molecule has 0 aliphatic heterocycles. The summed E-state index contributed by atoms with van der Waals surface area (Å²) in [7, 11) is -4.79. The molecule has 6 N–H and O–H groups in total. The van der Waals surface area contributed by atoms with Gasteiger partial charge in [0.15, 0.2) is 6.10 Å². The summed E-state index contributed by atoms with van der Waals surface area (Å²) in [6, 6.07) is -1.56. The lowest BCUT2D eigenvalue weighted by Crippen LogP contribution is -2.34. The van der Waals surface area contributed by atoms with Gasteiger partial charge in [-0.1, -0.05) is 127 Å². The second kappa shape index (κ2) is 35.5. The molecule has 1 rings (SSSR count). The Kier molecular flexibility index (Phi) is 32.6. The molecule has 0 spiro atoms. The van der Waals surface area contributed by atoms with Crippen molar-refractivity contribution >= 4 is 31.5 Å². The molecular weight excluding hydrogens is 805 g/mol. The van der Waals surface area contributed by atoms with Crippen LogP contribution in [0.1, 0.15) is 162 Å². The van der Waals surface area contributed by atoms with E-state index in [1.54, 1.807) is 12.2 Å². The minimum Gasteiger partial charge on any atom is -0.480 e. The van der Waals surface area contributed by atoms with Crippen molar-refractivity contribution < 1.29 is 62.5 Å². The maximum atomic E-state index is 12.7. The third-order valence-corrected chi connectivity index (χ3v) is 11.4. The van der Waals surface area contributed by atoms with Crippen LogP contribution in [0.5, 0.6) is 0 Å². The molecule has 1 aliphatic rings. The summed E-state index contributed by atoms with van der Waals surface area (Å²) in [4.78, 5) is 58.8. The second-order valence-electron chi connectivity index (χ2n) is 16.0. The summed E-state index contributed by atoms with van der Waals surface area (Å²) in [6.45, 7) is 2.41. The first kappa shape index (κ1) is 56.0. The highest BCUT2D eigenvalue weighted by atomic mass is 31.2. The van der Waals surface area contributed by atoms with E-state index in [0.717, 1.165) is 77.0 Å². The van der Waals surface area contributed by atoms with Crippen molar-refractivity contribution in [2.45, 2.75) is 186 Å². The Hall–Kier alpha value is -2.97. The predicted molar refractivity (Wildman–Crippen MR) is 236 cm³/mol. The summed E-state index contributed by atoms with van der Waals surface area (Å²) < 4.78 is 32.7. The van der Waals surface area contributed by atoms with Crippen molar-refractivity contribution in [3.63, 3.8) is 0 Å². The van der Waals surface area contributed by atoms with Gasteiger partial charge in [-0.2, -0.15) is 0 Å². The molecule has 0 bridgehead atoms. The number of aliphatic hydroxyl groups excluding tert-OH is 2. The Morgan fingerprint density at radius 3 is 1.97 bits per heavy atom. The van der Waals surface area contributed by atoms with Crippen LogP contribution in [-0.4, -0.2) is 88.1 Å². The highest BCUT2D eigenvalue weighted by Gasteiger charge is 2.39. The zero-order valence-corrected chi connectivity index (χ0v) is 37.8. The number of rotatable bonds is 38. The van der Waals surface area contributed by atoms with Crippen molar-refractivity contribution in [3.8, 4) is 0 Å². The molecule has 1 aliphatic carbocycles. The molecule has 350 valence electrons. The lowest BCUT2D eigenvalue weighted by molar-refractivity contribution is -0.161. The average molecular weight is 884 g/mol. The molecule has 7 atom stereocenters. The number of phosphoric acid groups is 1. The SMILES string of the molecule is CCCCC/C=C\C/C=C\C/C=C\CCCCCCC(=O)O[C@H](COC(=O)CCCCCC[C@H]1C(=O)C[C@@H](O)[C@@H]1/C=C/[C@@H](O)CCCCC)COP(=O)(O)OC[C@H](N)C(=O)O. The predicted octanol–water partition coefficient (Wildman–Crippen LogP) is 8.76. The zero-order valence-electron chi connectivity index (χ0n) is 37.0. The number of aliphatic hydroxyl groups is 2. The summed E-state index contributed by atoms with van der Waals surface area (Å²) in [5.74, 6) is -3.21. The molecule has 61 heavy (non-hydrogen) atoms. The molecule has 0 heterocycles. The van der Waals surface area contributed by atoms with Crippen LogP contribution in [0, 0.1) is 11.8 Å². The van der Waals surface area contributed by atoms with Crippen molar-refractivity contribution in [1.82, 2.24) is 0 Å². The number of carboxylic acids is 1. The van der Waals surface area contributed by atoms with Crippen LogP contribution in [0.2, 0.25) is 0 Å². The van der Waals surface area contributed by atoms with Crippen LogP contribution in [-0.2, 0) is 42.3 Å². The van der Waals surface area contributed by atoms with E-state index in [1.165, 1.54) is 19.3 Å². The maximum absolute atomic E-state index is 12.7. The van der Waals surface area contributed by atoms with E-state index in [9.17, 15) is 38.8 Å². The standard InChI is InChI=1S/C46H78NO13P/c1-3-5-7-8-9-10-11-12-13-14-15-16-17-18-19-20-26-30-45(52)60-38(35-58-61(55,56)59-36-41(47)46(53)54)34-57-44(51)29-25-22-21-24-28-39-40(43(50)33-42(39)49)32-31-37(48)27-23-6-4-2/h9-10,12-13,15-16,31-32,37-41,43,48,50H,3-8,11,14,17-30,33-36,47H2,1-2H3,(H,53,54)(H,55,56)/b10-9-,13-12-,16-15-,32-31+/t37-,38+,39+,40+,41-,43+/m0/s1. The molecule has 1 fully saturated rings. The lowest BCUT2D eigenvalue weighted by atomic mass is 9.88. The number of unbranched alkanes of at least 4 members (excludes halogenated alkanes) is 12. The van der Waals surface area contributed by atoms with E-state index < -0.39 is 69.9 Å². The highest BCUT2D eigenvalue weighted by molar-refractivity contribution is 7.47. The molecule has 15 heteroatoms. The summed E-state index contributed by atoms with van der Waals surface area (Å²) in [5.41, 5.74) is 5.33. The Labute approximate surface area is 365 Å². The van der Waals surface area contributed by atoms with Crippen molar-refractivity contribution in [2.75, 3.05) is 19.8 Å². The zero-order chi connectivity index (χ0) is 45.1. The highest BCUT2D eigenvalue weighted by Crippen LogP contribution is 2.43. The third-order valence-electron chi connectivity index (χ3n) is 10.4. The molecule has 0 saturated heterocycles. The molecule has 1 unspecified atom stereocenters. The fourth-order valence-electron chi connectivity index (χ4n) is 6.79. The number of phosphoric ester groups is 1. The van der Waals surface area contributed by atoms with E-state index in [4.69, 9.17) is 24.8 Å². The van der Waals surface area contributed by atoms with Crippen LogP contribution in [0.25, 0.3) is 0 Å². The molecule has 0 aromatic rings. The van der Waals surface area contributed by atoms with Gasteiger partial charge >= 0.3 is 25.7 Å². The fourth-order valence-corrected chi connectivity index (χ4v) is 7.57. The maximum Gasteiger partial charge on any atom is 0.472 e. The molecular formula is C46H78NO13P. The topological polar surface area (TPSA) is 229 Å². The summed E-state index contributed by atoms with van der Waals surface area (Å²) >= 11 is 0. The van der Waals surface area contributed by atoms with Gasteiger partial charge in [-0.25, -0.2) is 4.57 Å². The van der Waals surface area contributed by atoms with Crippen molar-refractivity contribution in [3.05, 3.63) is 48.6 Å². The quantitative estimate of drug-likeness (QED) is 0.0169. The van der Waals surface area contributed by atoms with Gasteiger partial charge in [0, 0.05) is 31.1 Å². The minimum absolute atomic E-state index is 0.0213. The number of hydrogen-bond donors (Lipinski definition) is 5. The number of esters is 2. The van der Waals surface area contributed by atoms with Crippen LogP contribution < -0.4 is 5.73 Å². The summed E-state index contributed by atoms with van der Waals surface area (Å²) in [6.07, 6.45) is 32.2. The van der Waals surface area contributed by atoms with E-state index in [-0.39, 0.29) is 36.9 Å². The smallest absolute Gasteiger partial charge is 0.472 e. The van der Waals surface area contributed by atoms with Gasteiger partial charge in [-0.05, 0) is 64.2 Å². The van der Waals surface area contributed by atoms with Gasteiger partial charge in [0.2, 0.25) is 0 Å². The van der Waals surface area contributed by atoms with Crippen LogP contribution in [0.15, 0.2) is 48.6 Å². The van der Waals surface area contributed by atoms with Crippen LogP contribution in [0.3, 0.4) is 0 Å². The average Bonchev–Trinajstić information content (AvgIpc) is 3.49. The number of hydrogen-bond acceptors (Lipinski definition) is 12. The number of nitrogens with two attached hydrogens (primary N) is 1. The third kappa shape index (κ3) is 29.9. The van der Waals surface area contributed by atoms with Gasteiger partial charge in [0.1, 0.15) is 18.4 Å². The van der Waals surface area contributed by atoms with Crippen LogP contribution >= 0.6 is 7.82 Å².